The van der Waals surface area contributed by atoms with Crippen LogP contribution >= 0.6 is 0 Å². The van der Waals surface area contributed by atoms with Crippen LogP contribution in [0, 0.1) is 0 Å². The molecule has 0 fully saturated rings. The first-order valence-corrected chi connectivity index (χ1v) is 8.22. The molecule has 0 aliphatic carbocycles. The minimum Gasteiger partial charge on any atom is -0.367 e. The summed E-state index contributed by atoms with van der Waals surface area (Å²) in [6.07, 6.45) is 4.10. The molecule has 0 bridgehead atoms. The second-order valence-corrected chi connectivity index (χ2v) is 5.95. The number of nitrogens with one attached hydrogen (secondary N) is 1. The molecule has 24 heavy (non-hydrogen) atoms. The first-order valence-electron chi connectivity index (χ1n) is 8.22. The SMILES string of the molecule is c1ccc(C(c2ccccc2)(c2ccccc2)c2cc[nH]c2)cc1. The molecule has 4 aromatic rings. The van der Waals surface area contributed by atoms with Crippen molar-refractivity contribution < 1.29 is 0 Å². The highest BCUT2D eigenvalue weighted by Crippen LogP contribution is 2.44. The quantitative estimate of drug-likeness (QED) is 0.486. The summed E-state index contributed by atoms with van der Waals surface area (Å²) in [5, 5.41) is 0. The molecule has 0 radical (unpaired) electrons. The van der Waals surface area contributed by atoms with Crippen molar-refractivity contribution in [3.05, 3.63) is 132 Å². The largest absolute Gasteiger partial charge is 0.367 e. The molecule has 1 nitrogen and oxygen atoms in total. The Bertz CT molecular complexity index is 782. The smallest absolute Gasteiger partial charge is 0.0716 e. The van der Waals surface area contributed by atoms with Crippen LogP contribution in [0.5, 0.6) is 0 Å². The van der Waals surface area contributed by atoms with Crippen molar-refractivity contribution in [1.82, 2.24) is 4.98 Å². The average Bonchev–Trinajstić information content (AvgIpc) is 3.20. The van der Waals surface area contributed by atoms with Crippen LogP contribution in [0.3, 0.4) is 0 Å². The molecular weight excluding hydrogens is 290 g/mol. The summed E-state index contributed by atoms with van der Waals surface area (Å²) < 4.78 is 0. The van der Waals surface area contributed by atoms with E-state index in [4.69, 9.17) is 0 Å². The van der Waals surface area contributed by atoms with Crippen LogP contribution < -0.4 is 0 Å². The lowest BCUT2D eigenvalue weighted by molar-refractivity contribution is 0.746. The van der Waals surface area contributed by atoms with Gasteiger partial charge in [0.25, 0.3) is 0 Å². The second-order valence-electron chi connectivity index (χ2n) is 5.95. The standard InChI is InChI=1S/C23H19N/c1-4-10-19(11-5-1)23(22-16-17-24-18-22,20-12-6-2-7-13-20)21-14-8-3-9-15-21/h1-18,24H. The first-order chi connectivity index (χ1) is 11.9. The van der Waals surface area contributed by atoms with Crippen LogP contribution in [0.4, 0.5) is 0 Å². The Hall–Kier alpha value is -3.06. The highest BCUT2D eigenvalue weighted by Gasteiger charge is 2.38. The summed E-state index contributed by atoms with van der Waals surface area (Å²) in [6, 6.07) is 34.4. The van der Waals surface area contributed by atoms with Gasteiger partial charge < -0.3 is 4.98 Å². The summed E-state index contributed by atoms with van der Waals surface area (Å²) in [6.45, 7) is 0. The zero-order valence-corrected chi connectivity index (χ0v) is 13.4. The Kier molecular flexibility index (Phi) is 3.76. The Labute approximate surface area is 142 Å². The van der Waals surface area contributed by atoms with Gasteiger partial charge in [-0.1, -0.05) is 91.0 Å². The van der Waals surface area contributed by atoms with Gasteiger partial charge in [0, 0.05) is 12.4 Å². The van der Waals surface area contributed by atoms with Crippen LogP contribution in [-0.2, 0) is 5.41 Å². The number of benzene rings is 3. The summed E-state index contributed by atoms with van der Waals surface area (Å²) >= 11 is 0. The van der Waals surface area contributed by atoms with E-state index in [9.17, 15) is 0 Å². The van der Waals surface area contributed by atoms with Crippen molar-refractivity contribution >= 4 is 0 Å². The Balaban J connectivity index is 2.12. The lowest BCUT2D eigenvalue weighted by Crippen LogP contribution is -2.30. The van der Waals surface area contributed by atoms with E-state index in [0.29, 0.717) is 0 Å². The predicted octanol–water partition coefficient (Wildman–Crippen LogP) is 5.40. The Morgan fingerprint density at radius 2 is 0.875 bits per heavy atom. The van der Waals surface area contributed by atoms with Gasteiger partial charge in [-0.15, -0.1) is 0 Å². The number of aromatic amines is 1. The molecule has 1 N–H and O–H groups in total. The van der Waals surface area contributed by atoms with Gasteiger partial charge in [0.05, 0.1) is 5.41 Å². The van der Waals surface area contributed by atoms with E-state index < -0.39 is 0 Å². The molecule has 0 saturated carbocycles. The molecule has 4 rings (SSSR count). The molecule has 0 saturated heterocycles. The van der Waals surface area contributed by atoms with Gasteiger partial charge in [0.15, 0.2) is 0 Å². The molecule has 0 spiro atoms. The summed E-state index contributed by atoms with van der Waals surface area (Å²) in [7, 11) is 0. The van der Waals surface area contributed by atoms with Gasteiger partial charge in [0.2, 0.25) is 0 Å². The predicted molar refractivity (Wildman–Crippen MR) is 99.1 cm³/mol. The van der Waals surface area contributed by atoms with E-state index in [0.717, 1.165) is 0 Å². The van der Waals surface area contributed by atoms with Crippen molar-refractivity contribution in [2.24, 2.45) is 0 Å². The number of hydrogen-bond donors (Lipinski definition) is 1. The minimum absolute atomic E-state index is 0.330. The molecular formula is C23H19N. The fourth-order valence-electron chi connectivity index (χ4n) is 3.62. The maximum Gasteiger partial charge on any atom is 0.0716 e. The van der Waals surface area contributed by atoms with Crippen molar-refractivity contribution in [2.75, 3.05) is 0 Å². The van der Waals surface area contributed by atoms with Gasteiger partial charge >= 0.3 is 0 Å². The van der Waals surface area contributed by atoms with Crippen LogP contribution in [0.1, 0.15) is 22.3 Å². The zero-order chi connectivity index (χ0) is 16.2. The number of hydrogen-bond acceptors (Lipinski definition) is 0. The molecule has 0 unspecified atom stereocenters. The zero-order valence-electron chi connectivity index (χ0n) is 13.4. The highest BCUT2D eigenvalue weighted by molar-refractivity contribution is 5.59. The van der Waals surface area contributed by atoms with E-state index in [-0.39, 0.29) is 5.41 Å². The third kappa shape index (κ3) is 2.26. The highest BCUT2D eigenvalue weighted by atomic mass is 14.6. The topological polar surface area (TPSA) is 15.8 Å². The van der Waals surface area contributed by atoms with Crippen molar-refractivity contribution in [3.8, 4) is 0 Å². The van der Waals surface area contributed by atoms with E-state index in [1.807, 2.05) is 6.20 Å². The lowest BCUT2D eigenvalue weighted by atomic mass is 9.66. The fraction of sp³-hybridized carbons (Fsp3) is 0.0435. The Morgan fingerprint density at radius 1 is 0.458 bits per heavy atom. The van der Waals surface area contributed by atoms with Gasteiger partial charge in [-0.05, 0) is 28.3 Å². The summed E-state index contributed by atoms with van der Waals surface area (Å²) in [4.78, 5) is 3.24. The maximum atomic E-state index is 3.24. The molecule has 1 heterocycles. The third-order valence-electron chi connectivity index (χ3n) is 4.65. The lowest BCUT2D eigenvalue weighted by Gasteiger charge is -2.35. The van der Waals surface area contributed by atoms with E-state index >= 15 is 0 Å². The molecule has 1 heteroatoms. The number of aromatic nitrogens is 1. The third-order valence-corrected chi connectivity index (χ3v) is 4.65. The Morgan fingerprint density at radius 3 is 1.21 bits per heavy atom. The van der Waals surface area contributed by atoms with E-state index in [1.54, 1.807) is 0 Å². The van der Waals surface area contributed by atoms with Gasteiger partial charge in [0.1, 0.15) is 0 Å². The number of H-pyrrole nitrogens is 1. The molecule has 0 aliphatic heterocycles. The summed E-state index contributed by atoms with van der Waals surface area (Å²) in [5.41, 5.74) is 4.71. The van der Waals surface area contributed by atoms with Crippen LogP contribution in [-0.4, -0.2) is 4.98 Å². The monoisotopic (exact) mass is 309 g/mol. The summed E-state index contributed by atoms with van der Waals surface area (Å²) in [5.74, 6) is 0. The van der Waals surface area contributed by atoms with Gasteiger partial charge in [-0.25, -0.2) is 0 Å². The van der Waals surface area contributed by atoms with Crippen LogP contribution in [0.25, 0.3) is 0 Å². The van der Waals surface area contributed by atoms with Crippen LogP contribution in [0.2, 0.25) is 0 Å². The number of rotatable bonds is 4. The van der Waals surface area contributed by atoms with Gasteiger partial charge in [-0.2, -0.15) is 0 Å². The van der Waals surface area contributed by atoms with E-state index in [2.05, 4.69) is 108 Å². The van der Waals surface area contributed by atoms with Crippen molar-refractivity contribution in [3.63, 3.8) is 0 Å². The maximum absolute atomic E-state index is 3.24. The van der Waals surface area contributed by atoms with E-state index in [1.165, 1.54) is 22.3 Å². The van der Waals surface area contributed by atoms with Gasteiger partial charge in [-0.3, -0.25) is 0 Å². The molecule has 116 valence electrons. The molecule has 0 amide bonds. The van der Waals surface area contributed by atoms with Crippen molar-refractivity contribution in [1.29, 1.82) is 0 Å². The normalized spacial score (nSPS) is 11.3. The van der Waals surface area contributed by atoms with Crippen molar-refractivity contribution in [2.45, 2.75) is 5.41 Å². The molecule has 0 aliphatic rings. The molecule has 0 atom stereocenters. The van der Waals surface area contributed by atoms with Crippen LogP contribution in [0.15, 0.2) is 109 Å². The minimum atomic E-state index is -0.330. The molecule has 3 aromatic carbocycles. The fourth-order valence-corrected chi connectivity index (χ4v) is 3.62. The first kappa shape index (κ1) is 14.5. The second kappa shape index (κ2) is 6.21. The molecule has 1 aromatic heterocycles. The average molecular weight is 309 g/mol.